The molecular weight excluding hydrogens is 408 g/mol. The lowest BCUT2D eigenvalue weighted by atomic mass is 10.0. The van der Waals surface area contributed by atoms with E-state index in [4.69, 9.17) is 0 Å². The topological polar surface area (TPSA) is 0 Å². The van der Waals surface area contributed by atoms with Crippen LogP contribution in [0.4, 0.5) is 0 Å². The second-order valence-corrected chi connectivity index (χ2v) is 9.64. The fraction of sp³-hybridized carbons (Fsp3) is 0.529. The van der Waals surface area contributed by atoms with Crippen molar-refractivity contribution in [2.75, 3.05) is 0 Å². The van der Waals surface area contributed by atoms with E-state index in [2.05, 4.69) is 86.1 Å². The van der Waals surface area contributed by atoms with E-state index in [0.717, 1.165) is 11.1 Å². The third-order valence-electron chi connectivity index (χ3n) is 6.52. The molecule has 2 rings (SSSR count). The van der Waals surface area contributed by atoms with Gasteiger partial charge >= 0.3 is 0 Å². The summed E-state index contributed by atoms with van der Waals surface area (Å²) < 4.78 is 0. The van der Waals surface area contributed by atoms with E-state index in [9.17, 15) is 0 Å². The summed E-state index contributed by atoms with van der Waals surface area (Å²) in [5, 5.41) is 0. The number of hydrogen-bond acceptors (Lipinski definition) is 0. The monoisotopic (exact) mass is 454 g/mol. The van der Waals surface area contributed by atoms with Gasteiger partial charge in [-0.15, -0.1) is 0 Å². The van der Waals surface area contributed by atoms with Crippen LogP contribution < -0.4 is 0 Å². The third-order valence-corrected chi connectivity index (χ3v) is 6.52. The van der Waals surface area contributed by atoms with Crippen molar-refractivity contribution in [3.63, 3.8) is 0 Å². The van der Waals surface area contributed by atoms with Gasteiger partial charge in [0.15, 0.2) is 0 Å². The van der Waals surface area contributed by atoms with Crippen LogP contribution in [0.25, 0.3) is 0 Å². The van der Waals surface area contributed by atoms with Crippen LogP contribution in [0, 0.1) is 23.7 Å². The molecule has 0 amide bonds. The molecular formula is C34H46. The molecule has 0 nitrogen and oxygen atoms in total. The second kappa shape index (κ2) is 18.9. The summed E-state index contributed by atoms with van der Waals surface area (Å²) in [5.41, 5.74) is 4.92. The maximum Gasteiger partial charge on any atom is 0.0255 e. The van der Waals surface area contributed by atoms with E-state index < -0.39 is 0 Å². The smallest absolute Gasteiger partial charge is 0.0255 e. The molecule has 0 bridgehead atoms. The molecule has 0 aliphatic heterocycles. The molecule has 2 aromatic carbocycles. The van der Waals surface area contributed by atoms with Crippen LogP contribution in [-0.4, -0.2) is 0 Å². The average Bonchev–Trinajstić information content (AvgIpc) is 2.87. The lowest BCUT2D eigenvalue weighted by Crippen LogP contribution is -1.87. The third kappa shape index (κ3) is 13.3. The summed E-state index contributed by atoms with van der Waals surface area (Å²) in [6.45, 7) is 4.55. The van der Waals surface area contributed by atoms with Gasteiger partial charge in [0.1, 0.15) is 0 Å². The molecule has 182 valence electrons. The van der Waals surface area contributed by atoms with Crippen LogP contribution in [0.3, 0.4) is 0 Å². The van der Waals surface area contributed by atoms with E-state index in [-0.39, 0.29) is 0 Å². The van der Waals surface area contributed by atoms with E-state index >= 15 is 0 Å². The molecule has 0 heteroatoms. The van der Waals surface area contributed by atoms with Gasteiger partial charge in [-0.05, 0) is 72.9 Å². The summed E-state index contributed by atoms with van der Waals surface area (Å²) in [7, 11) is 0. The molecule has 2 aromatic rings. The molecule has 0 aromatic heterocycles. The summed E-state index contributed by atoms with van der Waals surface area (Å²) >= 11 is 0. The zero-order valence-electron chi connectivity index (χ0n) is 21.9. The second-order valence-electron chi connectivity index (χ2n) is 9.64. The molecule has 0 aliphatic carbocycles. The maximum atomic E-state index is 3.18. The number of rotatable bonds is 16. The molecule has 34 heavy (non-hydrogen) atoms. The fourth-order valence-corrected chi connectivity index (χ4v) is 4.29. The Balaban J connectivity index is 1.66. The highest BCUT2D eigenvalue weighted by atomic mass is 14.0. The SMILES string of the molecule is CCCCCCCCCc1ccc(C#CC#Cc2ccc(CCCCCCCCC)cc2)cc1. The number of aryl methyl sites for hydroxylation is 2. The molecule has 0 fully saturated rings. The van der Waals surface area contributed by atoms with Gasteiger partial charge in [-0.2, -0.15) is 0 Å². The summed E-state index contributed by atoms with van der Waals surface area (Å²) in [6.07, 6.45) is 21.4. The van der Waals surface area contributed by atoms with Gasteiger partial charge in [0.05, 0.1) is 0 Å². The van der Waals surface area contributed by atoms with Gasteiger partial charge in [-0.3, -0.25) is 0 Å². The van der Waals surface area contributed by atoms with Crippen molar-refractivity contribution in [2.45, 2.75) is 117 Å². The van der Waals surface area contributed by atoms with Crippen molar-refractivity contribution in [3.05, 3.63) is 70.8 Å². The van der Waals surface area contributed by atoms with Crippen molar-refractivity contribution < 1.29 is 0 Å². The van der Waals surface area contributed by atoms with Gasteiger partial charge in [0, 0.05) is 11.1 Å². The predicted molar refractivity (Wildman–Crippen MR) is 150 cm³/mol. The standard InChI is InChI=1S/C34H46/c1-3-5-7-9-11-13-15-19-31-23-27-33(28-24-31)21-17-18-22-34-29-25-32(26-30-34)20-16-14-12-10-8-6-4-2/h23-30H,3-16,19-20H2,1-2H3. The molecule has 0 aliphatic rings. The zero-order valence-corrected chi connectivity index (χ0v) is 21.9. The lowest BCUT2D eigenvalue weighted by molar-refractivity contribution is 0.589. The first-order chi connectivity index (χ1) is 16.8. The van der Waals surface area contributed by atoms with Crippen LogP contribution in [0.5, 0.6) is 0 Å². The molecule has 0 atom stereocenters. The van der Waals surface area contributed by atoms with Crippen LogP contribution in [0.15, 0.2) is 48.5 Å². The Kier molecular flexibility index (Phi) is 15.5. The lowest BCUT2D eigenvalue weighted by Gasteiger charge is -2.02. The van der Waals surface area contributed by atoms with E-state index in [0.29, 0.717) is 0 Å². The van der Waals surface area contributed by atoms with Crippen molar-refractivity contribution in [1.82, 2.24) is 0 Å². The van der Waals surface area contributed by atoms with E-state index in [1.54, 1.807) is 0 Å². The molecule has 0 saturated heterocycles. The van der Waals surface area contributed by atoms with Crippen LogP contribution in [-0.2, 0) is 12.8 Å². The van der Waals surface area contributed by atoms with Gasteiger partial charge < -0.3 is 0 Å². The van der Waals surface area contributed by atoms with Gasteiger partial charge in [0.25, 0.3) is 0 Å². The van der Waals surface area contributed by atoms with Gasteiger partial charge in [-0.1, -0.05) is 127 Å². The molecule has 0 spiro atoms. The Bertz CT molecular complexity index is 800. The maximum absolute atomic E-state index is 3.18. The van der Waals surface area contributed by atoms with E-state index in [1.165, 1.54) is 114 Å². The van der Waals surface area contributed by atoms with Crippen LogP contribution in [0.2, 0.25) is 0 Å². The number of unbranched alkanes of at least 4 members (excludes halogenated alkanes) is 12. The van der Waals surface area contributed by atoms with Crippen molar-refractivity contribution in [3.8, 4) is 23.7 Å². The highest BCUT2D eigenvalue weighted by Crippen LogP contribution is 2.13. The first kappa shape index (κ1) is 27.8. The minimum absolute atomic E-state index is 1.04. The number of hydrogen-bond donors (Lipinski definition) is 0. The Morgan fingerprint density at radius 2 is 0.735 bits per heavy atom. The zero-order chi connectivity index (χ0) is 24.1. The fourth-order valence-electron chi connectivity index (χ4n) is 4.29. The first-order valence-corrected chi connectivity index (χ1v) is 14.0. The highest BCUT2D eigenvalue weighted by Gasteiger charge is 1.96. The Morgan fingerprint density at radius 3 is 1.09 bits per heavy atom. The summed E-state index contributed by atoms with van der Waals surface area (Å²) in [4.78, 5) is 0. The summed E-state index contributed by atoms with van der Waals surface area (Å²) in [5.74, 6) is 12.4. The van der Waals surface area contributed by atoms with Crippen molar-refractivity contribution >= 4 is 0 Å². The molecule has 0 saturated carbocycles. The highest BCUT2D eigenvalue weighted by molar-refractivity contribution is 5.45. The average molecular weight is 455 g/mol. The molecule has 0 radical (unpaired) electrons. The number of benzene rings is 2. The Morgan fingerprint density at radius 1 is 0.412 bits per heavy atom. The molecule has 0 N–H and O–H groups in total. The van der Waals surface area contributed by atoms with E-state index in [1.807, 2.05) is 0 Å². The van der Waals surface area contributed by atoms with Crippen molar-refractivity contribution in [2.24, 2.45) is 0 Å². The molecule has 0 heterocycles. The van der Waals surface area contributed by atoms with Crippen molar-refractivity contribution in [1.29, 1.82) is 0 Å². The quantitative estimate of drug-likeness (QED) is 0.175. The largest absolute Gasteiger partial charge is 0.0654 e. The van der Waals surface area contributed by atoms with Gasteiger partial charge in [0.2, 0.25) is 0 Å². The minimum atomic E-state index is 1.04. The molecule has 0 unspecified atom stereocenters. The van der Waals surface area contributed by atoms with Crippen LogP contribution >= 0.6 is 0 Å². The van der Waals surface area contributed by atoms with Gasteiger partial charge in [-0.25, -0.2) is 0 Å². The van der Waals surface area contributed by atoms with Crippen LogP contribution in [0.1, 0.15) is 126 Å². The normalized spacial score (nSPS) is 10.3. The Labute approximate surface area is 211 Å². The first-order valence-electron chi connectivity index (χ1n) is 14.0. The minimum Gasteiger partial charge on any atom is -0.0654 e. The summed E-state index contributed by atoms with van der Waals surface area (Å²) in [6, 6.07) is 17.4. The predicted octanol–water partition coefficient (Wildman–Crippen LogP) is 9.68. The Hall–Kier alpha value is -2.44.